The Bertz CT molecular complexity index is 2980. The van der Waals surface area contributed by atoms with Crippen LogP contribution in [0.1, 0.15) is 113 Å². The standard InChI is InChI=1S/C62H85N9O11S2/c1-7-70(47-13-11-12-41(2)34-47)55(75)39-71-49-24-33-83-52(49)35-50(71)60(78)67-46-21-19-45(20-22-46)58(76)64-25-10-8-9-14-53(73)63-26-28-81-30-32-82-31-29-80-27-23-54(74)68-57(62(4,5)6)61(79)69-37-48(51(72)38-69)59(77)65-36-43-15-17-44(18-16-43)56-42(3)66-40-84-56/h11-13,15-18,24,33-35,40,45-46,48,51,57,72H,7-10,14,19-23,25-32,36-39H2,1-6H3,(H,63,73)(H,64,76)(H,65,77)(H,67,78)(H,68,74)/t45-,46-,48-,51-,57?/m1/s1. The van der Waals surface area contributed by atoms with Crippen molar-refractivity contribution in [2.45, 2.75) is 131 Å². The Kier molecular flexibility index (Phi) is 24.8. The molecule has 2 fully saturated rings. The monoisotopic (exact) mass is 1200 g/mol. The number of ether oxygens (including phenoxy) is 3. The number of hydrogen-bond donors (Lipinski definition) is 6. The van der Waals surface area contributed by atoms with E-state index >= 15 is 0 Å². The topological polar surface area (TPSA) is 252 Å². The maximum atomic E-state index is 13.8. The minimum atomic E-state index is -1.04. The van der Waals surface area contributed by atoms with Crippen LogP contribution in [-0.2, 0) is 56.1 Å². The number of aliphatic hydroxyl groups is 1. The molecular formula is C62H85N9O11S2. The minimum Gasteiger partial charge on any atom is -0.390 e. The summed E-state index contributed by atoms with van der Waals surface area (Å²) in [6.45, 7) is 14.9. The molecule has 4 heterocycles. The summed E-state index contributed by atoms with van der Waals surface area (Å²) < 4.78 is 19.5. The van der Waals surface area contributed by atoms with Gasteiger partial charge in [-0.2, -0.15) is 0 Å². The van der Waals surface area contributed by atoms with Gasteiger partial charge in [0.05, 0.1) is 78.0 Å². The first-order valence-electron chi connectivity index (χ1n) is 29.5. The van der Waals surface area contributed by atoms with Gasteiger partial charge < -0.3 is 60.3 Å². The zero-order valence-electron chi connectivity index (χ0n) is 49.5. The van der Waals surface area contributed by atoms with Crippen LogP contribution >= 0.6 is 22.7 Å². The molecule has 3 atom stereocenters. The fourth-order valence-electron chi connectivity index (χ4n) is 10.6. The van der Waals surface area contributed by atoms with Gasteiger partial charge in [-0.3, -0.25) is 33.6 Å². The smallest absolute Gasteiger partial charge is 0.268 e. The van der Waals surface area contributed by atoms with Gasteiger partial charge in [0, 0.05) is 69.8 Å². The van der Waals surface area contributed by atoms with Crippen molar-refractivity contribution >= 4 is 79.9 Å². The molecule has 7 rings (SSSR count). The molecule has 7 amide bonds. The summed E-state index contributed by atoms with van der Waals surface area (Å²) in [5.74, 6) is -2.34. The van der Waals surface area contributed by atoms with Crippen LogP contribution < -0.4 is 31.5 Å². The number of aryl methyl sites for hydroxylation is 2. The van der Waals surface area contributed by atoms with Crippen LogP contribution in [0.2, 0.25) is 0 Å². The Balaban J connectivity index is 0.662. The predicted molar refractivity (Wildman–Crippen MR) is 325 cm³/mol. The molecule has 6 N–H and O–H groups in total. The number of amides is 7. The maximum absolute atomic E-state index is 13.8. The molecule has 20 nitrogen and oxygen atoms in total. The van der Waals surface area contributed by atoms with E-state index in [2.05, 4.69) is 31.6 Å². The summed E-state index contributed by atoms with van der Waals surface area (Å²) in [7, 11) is 0. The van der Waals surface area contributed by atoms with Gasteiger partial charge in [-0.15, -0.1) is 22.7 Å². The van der Waals surface area contributed by atoms with Crippen molar-refractivity contribution in [2.75, 3.05) is 77.3 Å². The van der Waals surface area contributed by atoms with Crippen molar-refractivity contribution in [1.82, 2.24) is 41.0 Å². The van der Waals surface area contributed by atoms with Crippen molar-refractivity contribution < 1.29 is 52.9 Å². The Morgan fingerprint density at radius 2 is 1.50 bits per heavy atom. The number of β-amino-alcohol motifs (C(OH)–C–C–N with tert-alkyl or cyclic N) is 1. The molecule has 1 aliphatic carbocycles. The number of aliphatic hydroxyl groups excluding tert-OH is 1. The highest BCUT2D eigenvalue weighted by Crippen LogP contribution is 2.31. The van der Waals surface area contributed by atoms with Crippen LogP contribution in [0.25, 0.3) is 20.7 Å². The van der Waals surface area contributed by atoms with Crippen molar-refractivity contribution in [1.29, 1.82) is 0 Å². The summed E-state index contributed by atoms with van der Waals surface area (Å²) in [5, 5.41) is 27.7. The molecule has 1 aliphatic heterocycles. The zero-order chi connectivity index (χ0) is 60.2. The largest absolute Gasteiger partial charge is 0.390 e. The SMILES string of the molecule is CCN(C(=O)Cn1c(C(=O)N[C@H]2CC[C@H](C(=O)NCCCCCC(=O)NCCOCCOCCOCCC(=O)NC(C(=O)N3C[C@@H](O)[C@H](C(=O)NCc4ccc(-c5scnc5C)cc4)C3)C(C)(C)C)CC2)cc2sccc21)c1cccc(C)c1. The minimum absolute atomic E-state index is 0.0172. The number of rotatable bonds is 31. The van der Waals surface area contributed by atoms with Crippen LogP contribution in [0.3, 0.4) is 0 Å². The number of thiazole rings is 1. The zero-order valence-corrected chi connectivity index (χ0v) is 51.1. The molecule has 1 saturated carbocycles. The van der Waals surface area contributed by atoms with Crippen molar-refractivity contribution in [3.8, 4) is 10.4 Å². The fourth-order valence-corrected chi connectivity index (χ4v) is 12.2. The van der Waals surface area contributed by atoms with Crippen molar-refractivity contribution in [3.05, 3.63) is 94.1 Å². The van der Waals surface area contributed by atoms with Crippen LogP contribution in [0.4, 0.5) is 5.69 Å². The molecule has 456 valence electrons. The lowest BCUT2D eigenvalue weighted by Crippen LogP contribution is -2.54. The molecule has 0 spiro atoms. The van der Waals surface area contributed by atoms with E-state index in [9.17, 15) is 38.7 Å². The number of aromatic nitrogens is 2. The molecule has 1 unspecified atom stereocenters. The predicted octanol–water partition coefficient (Wildman–Crippen LogP) is 6.68. The number of anilines is 1. The second kappa shape index (κ2) is 32.1. The van der Waals surface area contributed by atoms with Gasteiger partial charge in [-0.1, -0.05) is 63.6 Å². The summed E-state index contributed by atoms with van der Waals surface area (Å²) in [6, 6.07) is 18.6. The van der Waals surface area contributed by atoms with E-state index in [1.807, 2.05) is 118 Å². The van der Waals surface area contributed by atoms with Crippen LogP contribution in [0, 0.1) is 31.1 Å². The molecule has 2 aromatic carbocycles. The summed E-state index contributed by atoms with van der Waals surface area (Å²) >= 11 is 3.11. The van der Waals surface area contributed by atoms with E-state index in [0.29, 0.717) is 90.3 Å². The second-order valence-electron chi connectivity index (χ2n) is 22.8. The lowest BCUT2D eigenvalue weighted by Gasteiger charge is -2.33. The van der Waals surface area contributed by atoms with Crippen LogP contribution in [0.15, 0.2) is 71.6 Å². The lowest BCUT2D eigenvalue weighted by molar-refractivity contribution is -0.139. The molecule has 0 radical (unpaired) electrons. The number of likely N-dealkylation sites (N-methyl/N-ethyl adjacent to an activating group) is 1. The number of nitrogens with zero attached hydrogens (tertiary/aromatic N) is 4. The molecule has 0 bridgehead atoms. The second-order valence-corrected chi connectivity index (χ2v) is 24.6. The van der Waals surface area contributed by atoms with Gasteiger partial charge in [-0.05, 0) is 111 Å². The number of thiophene rings is 1. The Morgan fingerprint density at radius 3 is 2.19 bits per heavy atom. The van der Waals surface area contributed by atoms with E-state index in [-0.39, 0.29) is 99.1 Å². The molecule has 2 aliphatic rings. The van der Waals surface area contributed by atoms with Gasteiger partial charge in [-0.25, -0.2) is 4.98 Å². The van der Waals surface area contributed by atoms with Crippen molar-refractivity contribution in [2.24, 2.45) is 17.3 Å². The molecule has 84 heavy (non-hydrogen) atoms. The third-order valence-electron chi connectivity index (χ3n) is 15.4. The number of carbonyl (C=O) groups excluding carboxylic acids is 7. The highest BCUT2D eigenvalue weighted by atomic mass is 32.1. The number of likely N-dealkylation sites (tertiary alicyclic amines) is 1. The van der Waals surface area contributed by atoms with E-state index < -0.39 is 23.5 Å². The summed E-state index contributed by atoms with van der Waals surface area (Å²) in [5.41, 5.74) is 7.29. The van der Waals surface area contributed by atoms with E-state index in [0.717, 1.165) is 56.0 Å². The average molecular weight is 1200 g/mol. The van der Waals surface area contributed by atoms with Gasteiger partial charge >= 0.3 is 0 Å². The van der Waals surface area contributed by atoms with E-state index in [4.69, 9.17) is 14.2 Å². The Morgan fingerprint density at radius 1 is 0.774 bits per heavy atom. The number of unbranched alkanes of at least 4 members (excludes halogenated alkanes) is 2. The van der Waals surface area contributed by atoms with Gasteiger partial charge in [0.15, 0.2) is 0 Å². The first-order chi connectivity index (χ1) is 40.4. The Labute approximate surface area is 501 Å². The van der Waals surface area contributed by atoms with Crippen LogP contribution in [0.5, 0.6) is 0 Å². The summed E-state index contributed by atoms with van der Waals surface area (Å²) in [4.78, 5) is 101. The van der Waals surface area contributed by atoms with Crippen molar-refractivity contribution in [3.63, 3.8) is 0 Å². The molecule has 3 aromatic heterocycles. The number of benzene rings is 2. The maximum Gasteiger partial charge on any atom is 0.268 e. The van der Waals surface area contributed by atoms with Crippen LogP contribution in [-0.4, -0.2) is 151 Å². The highest BCUT2D eigenvalue weighted by molar-refractivity contribution is 7.17. The first-order valence-corrected chi connectivity index (χ1v) is 31.2. The lowest BCUT2D eigenvalue weighted by atomic mass is 9.85. The van der Waals surface area contributed by atoms with Gasteiger partial charge in [0.2, 0.25) is 35.4 Å². The normalized spacial score (nSPS) is 17.4. The number of carbonyl (C=O) groups is 7. The molecule has 1 saturated heterocycles. The first kappa shape index (κ1) is 65.0. The number of hydrogen-bond acceptors (Lipinski definition) is 14. The fraction of sp³-hybridized carbons (Fsp3) is 0.548. The number of fused-ring (bicyclic) bond motifs is 1. The third-order valence-corrected chi connectivity index (χ3v) is 17.2. The highest BCUT2D eigenvalue weighted by Gasteiger charge is 2.43. The molecular weight excluding hydrogens is 1110 g/mol. The summed E-state index contributed by atoms with van der Waals surface area (Å²) in [6.07, 6.45) is 4.34. The molecule has 22 heteroatoms. The molecule has 5 aromatic rings. The van der Waals surface area contributed by atoms with E-state index in [1.165, 1.54) is 16.2 Å². The van der Waals surface area contributed by atoms with Gasteiger partial charge in [0.25, 0.3) is 5.91 Å². The quantitative estimate of drug-likeness (QED) is 0.0254. The Hall–Kier alpha value is -6.56. The third kappa shape index (κ3) is 19.0. The average Bonchev–Trinajstić information content (AvgIpc) is 4.47. The van der Waals surface area contributed by atoms with Gasteiger partial charge in [0.1, 0.15) is 18.3 Å². The van der Waals surface area contributed by atoms with E-state index in [1.54, 1.807) is 16.2 Å². The number of nitrogens with one attached hydrogen (secondary N) is 5.